The van der Waals surface area contributed by atoms with Gasteiger partial charge in [-0.15, -0.1) is 0 Å². The number of ketones is 1. The molecule has 2 heterocycles. The molecule has 3 nitrogen and oxygen atoms in total. The highest BCUT2D eigenvalue weighted by Gasteiger charge is 2.40. The maximum absolute atomic E-state index is 13.5. The molecule has 120 valence electrons. The van der Waals surface area contributed by atoms with Gasteiger partial charge in [0.05, 0.1) is 7.11 Å². The third-order valence-electron chi connectivity index (χ3n) is 4.80. The highest BCUT2D eigenvalue weighted by atomic mass is 32.2. The van der Waals surface area contributed by atoms with Crippen LogP contribution < -0.4 is 4.74 Å². The Morgan fingerprint density at radius 2 is 1.95 bits per heavy atom. The van der Waals surface area contributed by atoms with E-state index in [2.05, 4.69) is 0 Å². The van der Waals surface area contributed by atoms with E-state index in [0.717, 1.165) is 32.1 Å². The quantitative estimate of drug-likeness (QED) is 0.855. The largest absolute Gasteiger partial charge is 0.497 e. The first-order valence-electron chi connectivity index (χ1n) is 7.82. The summed E-state index contributed by atoms with van der Waals surface area (Å²) in [4.78, 5) is 12.6. The van der Waals surface area contributed by atoms with E-state index in [1.807, 2.05) is 0 Å². The number of rotatable bonds is 4. The van der Waals surface area contributed by atoms with Gasteiger partial charge in [0.1, 0.15) is 17.3 Å². The number of methoxy groups -OCH3 is 1. The highest BCUT2D eigenvalue weighted by Crippen LogP contribution is 2.37. The summed E-state index contributed by atoms with van der Waals surface area (Å²) in [6.45, 7) is 0. The Hall–Kier alpha value is -1.23. The van der Waals surface area contributed by atoms with Gasteiger partial charge in [-0.25, -0.2) is 4.39 Å². The van der Waals surface area contributed by atoms with E-state index in [9.17, 15) is 13.4 Å². The minimum Gasteiger partial charge on any atom is -0.497 e. The Morgan fingerprint density at radius 1 is 1.27 bits per heavy atom. The van der Waals surface area contributed by atoms with Crippen LogP contribution in [0.5, 0.6) is 5.75 Å². The van der Waals surface area contributed by atoms with Gasteiger partial charge < -0.3 is 4.74 Å². The number of carbonyl (C=O) groups is 1. The topological polar surface area (TPSA) is 43.4 Å². The third kappa shape index (κ3) is 3.24. The van der Waals surface area contributed by atoms with Crippen molar-refractivity contribution in [2.45, 2.75) is 49.0 Å². The smallest absolute Gasteiger partial charge is 0.140 e. The monoisotopic (exact) mass is 324 g/mol. The summed E-state index contributed by atoms with van der Waals surface area (Å²) in [6.07, 6.45) is 4.76. The Balaban J connectivity index is 1.70. The zero-order valence-corrected chi connectivity index (χ0v) is 13.5. The van der Waals surface area contributed by atoms with E-state index in [4.69, 9.17) is 4.74 Å². The zero-order chi connectivity index (χ0) is 15.7. The van der Waals surface area contributed by atoms with Gasteiger partial charge in [-0.1, -0.05) is 6.42 Å². The average molecular weight is 324 g/mol. The number of hydrogen-bond acceptors (Lipinski definition) is 3. The van der Waals surface area contributed by atoms with Crippen molar-refractivity contribution < 1.29 is 18.1 Å². The van der Waals surface area contributed by atoms with Crippen molar-refractivity contribution >= 4 is 16.6 Å². The molecule has 5 heteroatoms. The number of hydrogen-bond donors (Lipinski definition) is 0. The maximum atomic E-state index is 13.5. The van der Waals surface area contributed by atoms with Crippen molar-refractivity contribution in [2.75, 3.05) is 7.11 Å². The van der Waals surface area contributed by atoms with Gasteiger partial charge in [-0.2, -0.15) is 0 Å². The molecule has 2 bridgehead atoms. The van der Waals surface area contributed by atoms with E-state index in [0.29, 0.717) is 11.3 Å². The molecule has 1 aromatic rings. The molecule has 0 amide bonds. The molecule has 2 aliphatic rings. The van der Waals surface area contributed by atoms with E-state index >= 15 is 0 Å². The number of fused-ring (bicyclic) bond motifs is 2. The molecular weight excluding hydrogens is 303 g/mol. The van der Waals surface area contributed by atoms with Crippen LogP contribution in [0.2, 0.25) is 0 Å². The molecule has 0 aromatic heterocycles. The van der Waals surface area contributed by atoms with Crippen LogP contribution in [0.4, 0.5) is 4.39 Å². The van der Waals surface area contributed by atoms with Crippen LogP contribution >= 0.6 is 0 Å². The number of carbonyl (C=O) groups excluding carboxylic acids is 1. The van der Waals surface area contributed by atoms with Gasteiger partial charge in [0, 0.05) is 39.7 Å². The van der Waals surface area contributed by atoms with Gasteiger partial charge in [0.15, 0.2) is 0 Å². The highest BCUT2D eigenvalue weighted by molar-refractivity contribution is 7.86. The molecule has 2 saturated heterocycles. The number of Topliss-reactive ketones (excluding diaryl/α,β-unsaturated/α-hetero) is 1. The lowest BCUT2D eigenvalue weighted by Gasteiger charge is -2.37. The predicted molar refractivity (Wildman–Crippen MR) is 84.0 cm³/mol. The molecule has 0 N–H and O–H groups in total. The molecule has 2 fully saturated rings. The third-order valence-corrected chi connectivity index (χ3v) is 6.98. The van der Waals surface area contributed by atoms with Crippen LogP contribution in [-0.2, 0) is 22.0 Å². The molecule has 0 spiro atoms. The lowest BCUT2D eigenvalue weighted by Crippen LogP contribution is -2.41. The molecule has 0 saturated carbocycles. The Kier molecular flexibility index (Phi) is 4.62. The normalized spacial score (nSPS) is 30.8. The second-order valence-corrected chi connectivity index (χ2v) is 8.30. The standard InChI is InChI=1S/C17H21FO3S/c1-21-14-6-11(5-13(18)10-14)7-17(19)12-8-15-3-2-4-16(9-12)22(15)20/h5-6,10,12,15-16H,2-4,7-9H2,1H3. The van der Waals surface area contributed by atoms with Crippen LogP contribution in [-0.4, -0.2) is 27.6 Å². The van der Waals surface area contributed by atoms with E-state index < -0.39 is 10.8 Å². The van der Waals surface area contributed by atoms with Crippen LogP contribution in [0, 0.1) is 11.7 Å². The van der Waals surface area contributed by atoms with Crippen molar-refractivity contribution in [1.29, 1.82) is 0 Å². The van der Waals surface area contributed by atoms with Crippen LogP contribution in [0.15, 0.2) is 18.2 Å². The molecule has 22 heavy (non-hydrogen) atoms. The summed E-state index contributed by atoms with van der Waals surface area (Å²) in [6, 6.07) is 4.41. The fraction of sp³-hybridized carbons (Fsp3) is 0.588. The summed E-state index contributed by atoms with van der Waals surface area (Å²) in [5.74, 6) is 0.164. The van der Waals surface area contributed by atoms with Crippen molar-refractivity contribution in [3.8, 4) is 5.75 Å². The lowest BCUT2D eigenvalue weighted by atomic mass is 9.85. The van der Waals surface area contributed by atoms with Crippen molar-refractivity contribution in [1.82, 2.24) is 0 Å². The average Bonchev–Trinajstić information content (AvgIpc) is 2.46. The summed E-state index contributed by atoms with van der Waals surface area (Å²) in [5, 5.41) is 0.368. The van der Waals surface area contributed by atoms with Crippen LogP contribution in [0.25, 0.3) is 0 Å². The molecular formula is C17H21FO3S. The first kappa shape index (κ1) is 15.7. The summed E-state index contributed by atoms with van der Waals surface area (Å²) in [5.41, 5.74) is 0.652. The first-order chi connectivity index (χ1) is 10.6. The Labute approximate surface area is 132 Å². The number of benzene rings is 1. The van der Waals surface area contributed by atoms with E-state index in [-0.39, 0.29) is 34.4 Å². The molecule has 2 aliphatic heterocycles. The minimum absolute atomic E-state index is 0.0257. The number of ether oxygens (including phenoxy) is 1. The van der Waals surface area contributed by atoms with Crippen LogP contribution in [0.1, 0.15) is 37.7 Å². The van der Waals surface area contributed by atoms with Gasteiger partial charge >= 0.3 is 0 Å². The SMILES string of the molecule is COc1cc(F)cc(CC(=O)C2CC3CCCC(C2)S3=O)c1. The van der Waals surface area contributed by atoms with Gasteiger partial charge in [-0.3, -0.25) is 9.00 Å². The van der Waals surface area contributed by atoms with Gasteiger partial charge in [0.2, 0.25) is 0 Å². The van der Waals surface area contributed by atoms with E-state index in [1.165, 1.54) is 19.2 Å². The Bertz CT molecular complexity index is 586. The molecule has 1 aromatic carbocycles. The number of halogens is 1. The van der Waals surface area contributed by atoms with Crippen molar-refractivity contribution in [3.63, 3.8) is 0 Å². The minimum atomic E-state index is -0.761. The molecule has 2 atom stereocenters. The molecule has 2 unspecified atom stereocenters. The summed E-state index contributed by atoms with van der Waals surface area (Å²) >= 11 is 0. The van der Waals surface area contributed by atoms with Gasteiger partial charge in [0.25, 0.3) is 0 Å². The predicted octanol–water partition coefficient (Wildman–Crippen LogP) is 3.03. The van der Waals surface area contributed by atoms with Gasteiger partial charge in [-0.05, 0) is 43.4 Å². The first-order valence-corrected chi connectivity index (χ1v) is 9.10. The van der Waals surface area contributed by atoms with Crippen LogP contribution in [0.3, 0.4) is 0 Å². The lowest BCUT2D eigenvalue weighted by molar-refractivity contribution is -0.122. The summed E-state index contributed by atoms with van der Waals surface area (Å²) < 4.78 is 30.8. The fourth-order valence-corrected chi connectivity index (χ4v) is 5.87. The van der Waals surface area contributed by atoms with Crippen molar-refractivity contribution in [2.24, 2.45) is 5.92 Å². The fourth-order valence-electron chi connectivity index (χ4n) is 3.68. The van der Waals surface area contributed by atoms with E-state index in [1.54, 1.807) is 6.07 Å². The molecule has 3 rings (SSSR count). The Morgan fingerprint density at radius 3 is 2.59 bits per heavy atom. The maximum Gasteiger partial charge on any atom is 0.140 e. The zero-order valence-electron chi connectivity index (χ0n) is 12.7. The second-order valence-electron chi connectivity index (χ2n) is 6.31. The molecule has 0 radical (unpaired) electrons. The van der Waals surface area contributed by atoms with Crippen molar-refractivity contribution in [3.05, 3.63) is 29.6 Å². The molecule has 0 aliphatic carbocycles. The summed E-state index contributed by atoms with van der Waals surface area (Å²) in [7, 11) is 0.724. The second kappa shape index (κ2) is 6.49.